The van der Waals surface area contributed by atoms with Crippen molar-refractivity contribution in [1.29, 1.82) is 0 Å². The van der Waals surface area contributed by atoms with Gasteiger partial charge in [-0.05, 0) is 49.1 Å². The number of amides is 2. The molecule has 2 aromatic heterocycles. The Labute approximate surface area is 247 Å². The summed E-state index contributed by atoms with van der Waals surface area (Å²) in [5.74, 6) is 1.61. The van der Waals surface area contributed by atoms with Crippen LogP contribution in [-0.4, -0.2) is 73.9 Å². The number of pyridine rings is 1. The average molecular weight is 606 g/mol. The fourth-order valence-corrected chi connectivity index (χ4v) is 6.32. The van der Waals surface area contributed by atoms with Crippen LogP contribution in [0.5, 0.6) is 11.5 Å². The standard InChI is InChI=1S/C29H40ClN5O5S/c1-3-4-5-19-40-27-21-24(8-9-26(27)39-2)35-16-7-15-34(29(35)36)22-23-10-13-31-28-25(23)11-17-33(28)18-14-32-41(37,38)20-6-12-30/h8-11,13,17,21,32H,3-7,12,14-16,18-20,22H2,1-2H3. The number of carbonyl (C=O) groups excluding carboxylic acids is 1. The van der Waals surface area contributed by atoms with Crippen molar-refractivity contribution in [2.45, 2.75) is 52.1 Å². The van der Waals surface area contributed by atoms with Crippen molar-refractivity contribution >= 4 is 44.4 Å². The van der Waals surface area contributed by atoms with E-state index in [4.69, 9.17) is 21.1 Å². The average Bonchev–Trinajstić information content (AvgIpc) is 3.39. The number of hydrogen-bond acceptors (Lipinski definition) is 6. The number of methoxy groups -OCH3 is 1. The van der Waals surface area contributed by atoms with Gasteiger partial charge in [-0.15, -0.1) is 11.6 Å². The molecule has 1 aliphatic rings. The number of carbonyl (C=O) groups is 1. The third-order valence-electron chi connectivity index (χ3n) is 7.11. The number of alkyl halides is 1. The molecule has 1 fully saturated rings. The number of rotatable bonds is 16. The molecule has 1 N–H and O–H groups in total. The van der Waals surface area contributed by atoms with Crippen LogP contribution in [-0.2, 0) is 23.1 Å². The number of nitrogens with zero attached hydrogens (tertiary/aromatic N) is 4. The van der Waals surface area contributed by atoms with Crippen molar-refractivity contribution in [3.63, 3.8) is 0 Å². The number of fused-ring (bicyclic) bond motifs is 1. The number of sulfonamides is 1. The summed E-state index contributed by atoms with van der Waals surface area (Å²) >= 11 is 5.62. The molecule has 4 rings (SSSR count). The van der Waals surface area contributed by atoms with Crippen LogP contribution in [0.25, 0.3) is 11.0 Å². The number of anilines is 1. The number of hydrogen-bond donors (Lipinski definition) is 1. The fraction of sp³-hybridized carbons (Fsp3) is 0.517. The maximum Gasteiger partial charge on any atom is 0.324 e. The number of halogens is 1. The second-order valence-electron chi connectivity index (χ2n) is 10.1. The van der Waals surface area contributed by atoms with Crippen LogP contribution >= 0.6 is 11.6 Å². The predicted molar refractivity (Wildman–Crippen MR) is 163 cm³/mol. The first-order chi connectivity index (χ1) is 19.9. The van der Waals surface area contributed by atoms with E-state index in [0.29, 0.717) is 56.6 Å². The minimum absolute atomic E-state index is 0.00995. The van der Waals surface area contributed by atoms with E-state index in [1.165, 1.54) is 0 Å². The van der Waals surface area contributed by atoms with Crippen molar-refractivity contribution in [2.75, 3.05) is 49.9 Å². The number of benzene rings is 1. The highest BCUT2D eigenvalue weighted by atomic mass is 35.5. The quantitative estimate of drug-likeness (QED) is 0.182. The summed E-state index contributed by atoms with van der Waals surface area (Å²) < 4.78 is 40.2. The minimum atomic E-state index is -3.36. The van der Waals surface area contributed by atoms with Gasteiger partial charge in [0.05, 0.1) is 19.5 Å². The summed E-state index contributed by atoms with van der Waals surface area (Å²) in [6.45, 7) is 5.18. The van der Waals surface area contributed by atoms with Crippen LogP contribution in [0.15, 0.2) is 42.7 Å². The largest absolute Gasteiger partial charge is 0.493 e. The molecule has 3 heterocycles. The van der Waals surface area contributed by atoms with Gasteiger partial charge >= 0.3 is 6.03 Å². The van der Waals surface area contributed by atoms with Gasteiger partial charge in [-0.25, -0.2) is 22.9 Å². The lowest BCUT2D eigenvalue weighted by Crippen LogP contribution is -2.49. The zero-order valence-electron chi connectivity index (χ0n) is 23.9. The molecule has 10 nitrogen and oxygen atoms in total. The summed E-state index contributed by atoms with van der Waals surface area (Å²) in [7, 11) is -1.74. The Hall–Kier alpha value is -3.02. The molecule has 224 valence electrons. The molecule has 12 heteroatoms. The molecule has 0 unspecified atom stereocenters. The number of unbranched alkanes of at least 4 members (excludes halogenated alkanes) is 2. The first kappa shape index (κ1) is 30.9. The molecule has 1 saturated heterocycles. The molecule has 1 aromatic carbocycles. The van der Waals surface area contributed by atoms with Gasteiger partial charge in [-0.1, -0.05) is 19.8 Å². The molecule has 41 heavy (non-hydrogen) atoms. The van der Waals surface area contributed by atoms with Crippen LogP contribution in [0.2, 0.25) is 0 Å². The zero-order chi connectivity index (χ0) is 29.2. The van der Waals surface area contributed by atoms with Crippen molar-refractivity contribution in [3.05, 3.63) is 48.3 Å². The number of ether oxygens (including phenoxy) is 2. The van der Waals surface area contributed by atoms with E-state index >= 15 is 0 Å². The molecule has 2 amide bonds. The molecule has 0 spiro atoms. The normalized spacial score (nSPS) is 14.2. The topological polar surface area (TPSA) is 106 Å². The lowest BCUT2D eigenvalue weighted by atomic mass is 10.1. The molecule has 3 aromatic rings. The molecule has 0 aliphatic carbocycles. The van der Waals surface area contributed by atoms with Gasteiger partial charge < -0.3 is 18.9 Å². The summed E-state index contributed by atoms with van der Waals surface area (Å²) in [5, 5.41) is 0.939. The van der Waals surface area contributed by atoms with Crippen LogP contribution < -0.4 is 19.1 Å². The molecule has 0 radical (unpaired) electrons. The van der Waals surface area contributed by atoms with Crippen molar-refractivity contribution < 1.29 is 22.7 Å². The fourth-order valence-electron chi connectivity index (χ4n) is 4.96. The van der Waals surface area contributed by atoms with Crippen LogP contribution in [0, 0.1) is 0 Å². The maximum absolute atomic E-state index is 13.6. The first-order valence-electron chi connectivity index (χ1n) is 14.2. The van der Waals surface area contributed by atoms with Crippen LogP contribution in [0.1, 0.15) is 44.6 Å². The highest BCUT2D eigenvalue weighted by Crippen LogP contribution is 2.33. The maximum atomic E-state index is 13.6. The van der Waals surface area contributed by atoms with Gasteiger partial charge in [-0.3, -0.25) is 4.90 Å². The Bertz CT molecular complexity index is 1410. The van der Waals surface area contributed by atoms with E-state index in [1.807, 2.05) is 46.0 Å². The summed E-state index contributed by atoms with van der Waals surface area (Å²) in [6, 6.07) is 9.48. The van der Waals surface area contributed by atoms with E-state index in [-0.39, 0.29) is 18.3 Å². The Morgan fingerprint density at radius 3 is 2.73 bits per heavy atom. The van der Waals surface area contributed by atoms with Gasteiger partial charge in [0, 0.05) is 68.1 Å². The van der Waals surface area contributed by atoms with Gasteiger partial charge in [0.25, 0.3) is 0 Å². The third-order valence-corrected chi connectivity index (χ3v) is 8.85. The summed E-state index contributed by atoms with van der Waals surface area (Å²) in [4.78, 5) is 21.8. The van der Waals surface area contributed by atoms with Gasteiger partial charge in [0.2, 0.25) is 10.0 Å². The van der Waals surface area contributed by atoms with E-state index in [0.717, 1.165) is 48.0 Å². The summed E-state index contributed by atoms with van der Waals surface area (Å²) in [5.41, 5.74) is 2.52. The first-order valence-corrected chi connectivity index (χ1v) is 16.4. The van der Waals surface area contributed by atoms with E-state index in [1.54, 1.807) is 18.2 Å². The number of nitrogens with one attached hydrogen (secondary N) is 1. The van der Waals surface area contributed by atoms with Gasteiger partial charge in [0.15, 0.2) is 11.5 Å². The van der Waals surface area contributed by atoms with Crippen molar-refractivity contribution in [2.24, 2.45) is 0 Å². The van der Waals surface area contributed by atoms with Crippen LogP contribution in [0.4, 0.5) is 10.5 Å². The number of urea groups is 1. The molecular formula is C29H40ClN5O5S. The van der Waals surface area contributed by atoms with E-state index in [9.17, 15) is 13.2 Å². The molecule has 0 saturated carbocycles. The highest BCUT2D eigenvalue weighted by molar-refractivity contribution is 7.89. The lowest BCUT2D eigenvalue weighted by Gasteiger charge is -2.36. The minimum Gasteiger partial charge on any atom is -0.493 e. The van der Waals surface area contributed by atoms with Crippen molar-refractivity contribution in [1.82, 2.24) is 19.2 Å². The Kier molecular flexibility index (Phi) is 11.1. The smallest absolute Gasteiger partial charge is 0.324 e. The van der Waals surface area contributed by atoms with E-state index < -0.39 is 10.0 Å². The Morgan fingerprint density at radius 2 is 1.95 bits per heavy atom. The molecular weight excluding hydrogens is 566 g/mol. The molecule has 0 atom stereocenters. The van der Waals surface area contributed by atoms with Gasteiger partial charge in [-0.2, -0.15) is 0 Å². The van der Waals surface area contributed by atoms with Gasteiger partial charge in [0.1, 0.15) is 5.65 Å². The lowest BCUT2D eigenvalue weighted by molar-refractivity contribution is 0.192. The second-order valence-corrected chi connectivity index (χ2v) is 12.4. The second kappa shape index (κ2) is 14.7. The van der Waals surface area contributed by atoms with Crippen molar-refractivity contribution in [3.8, 4) is 11.5 Å². The summed E-state index contributed by atoms with van der Waals surface area (Å²) in [6.07, 6.45) is 8.06. The zero-order valence-corrected chi connectivity index (χ0v) is 25.4. The molecule has 0 bridgehead atoms. The third kappa shape index (κ3) is 8.05. The number of aromatic nitrogens is 2. The Morgan fingerprint density at radius 1 is 1.10 bits per heavy atom. The molecule has 1 aliphatic heterocycles. The van der Waals surface area contributed by atoms with E-state index in [2.05, 4.69) is 16.6 Å². The van der Waals surface area contributed by atoms with Crippen LogP contribution in [0.3, 0.4) is 0 Å². The predicted octanol–water partition coefficient (Wildman–Crippen LogP) is 4.99. The highest BCUT2D eigenvalue weighted by Gasteiger charge is 2.28. The monoisotopic (exact) mass is 605 g/mol. The Balaban J connectivity index is 1.44. The SMILES string of the molecule is CCCCCOc1cc(N2CCCN(Cc3ccnc4c3ccn4CCNS(=O)(=O)CCCCl)C2=O)ccc1OC.